The molecule has 18 heavy (non-hydrogen) atoms. The van der Waals surface area contributed by atoms with E-state index in [1.807, 2.05) is 0 Å². The van der Waals surface area contributed by atoms with E-state index in [0.717, 1.165) is 12.5 Å². The molecule has 1 nitrogen and oxygen atoms in total. The van der Waals surface area contributed by atoms with Crippen LogP contribution in [0.25, 0.3) is 0 Å². The zero-order valence-corrected chi connectivity index (χ0v) is 12.7. The van der Waals surface area contributed by atoms with Crippen LogP contribution in [0.4, 0.5) is 0 Å². The SMILES string of the molecule is CNCC(CCC(C)(C)C)Cc1ccc(C)cc1. The van der Waals surface area contributed by atoms with Crippen molar-refractivity contribution in [3.63, 3.8) is 0 Å². The second-order valence-corrected chi connectivity index (χ2v) is 6.71. The van der Waals surface area contributed by atoms with Gasteiger partial charge in [0.1, 0.15) is 0 Å². The van der Waals surface area contributed by atoms with Gasteiger partial charge in [-0.1, -0.05) is 50.6 Å². The van der Waals surface area contributed by atoms with E-state index in [9.17, 15) is 0 Å². The van der Waals surface area contributed by atoms with E-state index in [1.54, 1.807) is 0 Å². The van der Waals surface area contributed by atoms with Crippen LogP contribution in [0.2, 0.25) is 0 Å². The summed E-state index contributed by atoms with van der Waals surface area (Å²) in [5, 5.41) is 3.34. The first-order chi connectivity index (χ1) is 8.40. The molecule has 0 fully saturated rings. The fraction of sp³-hybridized carbons (Fsp3) is 0.647. The van der Waals surface area contributed by atoms with Crippen LogP contribution < -0.4 is 5.32 Å². The molecule has 1 aromatic rings. The molecular weight excluding hydrogens is 218 g/mol. The summed E-state index contributed by atoms with van der Waals surface area (Å²) in [7, 11) is 2.05. The van der Waals surface area contributed by atoms with Crippen LogP contribution in [0.15, 0.2) is 24.3 Å². The lowest BCUT2D eigenvalue weighted by molar-refractivity contribution is 0.316. The van der Waals surface area contributed by atoms with Crippen LogP contribution in [-0.2, 0) is 6.42 Å². The molecule has 0 saturated carbocycles. The largest absolute Gasteiger partial charge is 0.319 e. The number of aryl methyl sites for hydroxylation is 1. The number of benzene rings is 1. The van der Waals surface area contributed by atoms with Crippen LogP contribution in [-0.4, -0.2) is 13.6 Å². The van der Waals surface area contributed by atoms with Gasteiger partial charge in [-0.15, -0.1) is 0 Å². The molecule has 1 N–H and O–H groups in total. The smallest absolute Gasteiger partial charge is 0.00203 e. The van der Waals surface area contributed by atoms with Crippen LogP contribution in [0.3, 0.4) is 0 Å². The third-order valence-electron chi connectivity index (χ3n) is 3.44. The Bertz CT molecular complexity index is 332. The summed E-state index contributed by atoms with van der Waals surface area (Å²) in [5.74, 6) is 0.747. The van der Waals surface area contributed by atoms with Gasteiger partial charge in [0.25, 0.3) is 0 Å². The topological polar surface area (TPSA) is 12.0 Å². The van der Waals surface area contributed by atoms with E-state index in [0.29, 0.717) is 5.41 Å². The molecule has 0 amide bonds. The first-order valence-electron chi connectivity index (χ1n) is 7.11. The Balaban J connectivity index is 2.54. The van der Waals surface area contributed by atoms with Gasteiger partial charge in [-0.05, 0) is 56.7 Å². The summed E-state index contributed by atoms with van der Waals surface area (Å²) in [6.45, 7) is 10.2. The predicted molar refractivity (Wildman–Crippen MR) is 81.0 cm³/mol. The molecule has 0 heterocycles. The summed E-state index contributed by atoms with van der Waals surface area (Å²) in [5.41, 5.74) is 3.26. The maximum atomic E-state index is 3.34. The van der Waals surface area contributed by atoms with Crippen LogP contribution in [0.1, 0.15) is 44.7 Å². The molecule has 0 saturated heterocycles. The first-order valence-corrected chi connectivity index (χ1v) is 7.11. The quantitative estimate of drug-likeness (QED) is 0.794. The maximum absolute atomic E-state index is 3.34. The molecular formula is C17H29N. The summed E-state index contributed by atoms with van der Waals surface area (Å²) >= 11 is 0. The van der Waals surface area contributed by atoms with Gasteiger partial charge in [0.2, 0.25) is 0 Å². The van der Waals surface area contributed by atoms with Gasteiger partial charge in [0.05, 0.1) is 0 Å². The Kier molecular flexibility index (Phi) is 5.87. The molecule has 0 aliphatic carbocycles. The van der Waals surface area contributed by atoms with Gasteiger partial charge >= 0.3 is 0 Å². The van der Waals surface area contributed by atoms with Crippen molar-refractivity contribution in [2.24, 2.45) is 11.3 Å². The minimum Gasteiger partial charge on any atom is -0.319 e. The van der Waals surface area contributed by atoms with Crippen molar-refractivity contribution in [2.75, 3.05) is 13.6 Å². The van der Waals surface area contributed by atoms with Crippen molar-refractivity contribution in [1.29, 1.82) is 0 Å². The van der Waals surface area contributed by atoms with Gasteiger partial charge in [-0.2, -0.15) is 0 Å². The predicted octanol–water partition coefficient (Wildman–Crippen LogP) is 4.20. The maximum Gasteiger partial charge on any atom is -0.00203 e. The Morgan fingerprint density at radius 3 is 2.22 bits per heavy atom. The van der Waals surface area contributed by atoms with E-state index >= 15 is 0 Å². The number of rotatable bonds is 6. The van der Waals surface area contributed by atoms with Crippen molar-refractivity contribution >= 4 is 0 Å². The molecule has 1 atom stereocenters. The monoisotopic (exact) mass is 247 g/mol. The van der Waals surface area contributed by atoms with Crippen LogP contribution in [0.5, 0.6) is 0 Å². The molecule has 1 aromatic carbocycles. The molecule has 0 spiro atoms. The normalized spacial score (nSPS) is 13.6. The van der Waals surface area contributed by atoms with Crippen molar-refractivity contribution < 1.29 is 0 Å². The van der Waals surface area contributed by atoms with Crippen molar-refractivity contribution in [3.05, 3.63) is 35.4 Å². The average Bonchev–Trinajstić information content (AvgIpc) is 2.28. The molecule has 1 unspecified atom stereocenters. The molecule has 0 aromatic heterocycles. The van der Waals surface area contributed by atoms with E-state index in [1.165, 1.54) is 30.4 Å². The molecule has 0 radical (unpaired) electrons. The summed E-state index contributed by atoms with van der Waals surface area (Å²) in [6.07, 6.45) is 3.79. The zero-order chi connectivity index (χ0) is 13.6. The minimum atomic E-state index is 0.444. The minimum absolute atomic E-state index is 0.444. The molecule has 102 valence electrons. The van der Waals surface area contributed by atoms with E-state index in [2.05, 4.69) is 64.3 Å². The molecule has 0 aliphatic rings. The van der Waals surface area contributed by atoms with Crippen molar-refractivity contribution in [3.8, 4) is 0 Å². The molecule has 0 aliphatic heterocycles. The van der Waals surface area contributed by atoms with Crippen LogP contribution in [0, 0.1) is 18.3 Å². The number of hydrogen-bond donors (Lipinski definition) is 1. The Labute approximate surface area is 113 Å². The van der Waals surface area contributed by atoms with Gasteiger partial charge in [0, 0.05) is 0 Å². The van der Waals surface area contributed by atoms with E-state index in [4.69, 9.17) is 0 Å². The highest BCUT2D eigenvalue weighted by molar-refractivity contribution is 5.21. The third kappa shape index (κ3) is 6.20. The Hall–Kier alpha value is -0.820. The third-order valence-corrected chi connectivity index (χ3v) is 3.44. The van der Waals surface area contributed by atoms with Gasteiger partial charge < -0.3 is 5.32 Å². The number of nitrogens with one attached hydrogen (secondary N) is 1. The van der Waals surface area contributed by atoms with Crippen molar-refractivity contribution in [2.45, 2.75) is 47.0 Å². The summed E-state index contributed by atoms with van der Waals surface area (Å²) in [4.78, 5) is 0. The highest BCUT2D eigenvalue weighted by atomic mass is 14.8. The van der Waals surface area contributed by atoms with E-state index < -0.39 is 0 Å². The zero-order valence-electron chi connectivity index (χ0n) is 12.7. The van der Waals surface area contributed by atoms with Gasteiger partial charge in [0.15, 0.2) is 0 Å². The highest BCUT2D eigenvalue weighted by Gasteiger charge is 2.15. The Morgan fingerprint density at radius 2 is 1.72 bits per heavy atom. The average molecular weight is 247 g/mol. The Morgan fingerprint density at radius 1 is 1.11 bits per heavy atom. The lowest BCUT2D eigenvalue weighted by atomic mass is 9.84. The second-order valence-electron chi connectivity index (χ2n) is 6.71. The van der Waals surface area contributed by atoms with Crippen LogP contribution >= 0.6 is 0 Å². The van der Waals surface area contributed by atoms with Gasteiger partial charge in [-0.25, -0.2) is 0 Å². The van der Waals surface area contributed by atoms with Crippen molar-refractivity contribution in [1.82, 2.24) is 5.32 Å². The molecule has 1 rings (SSSR count). The summed E-state index contributed by atoms with van der Waals surface area (Å²) in [6, 6.07) is 8.98. The lowest BCUT2D eigenvalue weighted by Gasteiger charge is -2.23. The molecule has 1 heteroatoms. The highest BCUT2D eigenvalue weighted by Crippen LogP contribution is 2.25. The molecule has 0 bridgehead atoms. The summed E-state index contributed by atoms with van der Waals surface area (Å²) < 4.78 is 0. The lowest BCUT2D eigenvalue weighted by Crippen LogP contribution is -2.22. The van der Waals surface area contributed by atoms with Gasteiger partial charge in [-0.3, -0.25) is 0 Å². The standard InChI is InChI=1S/C17H29N/c1-14-6-8-15(9-7-14)12-16(13-18-5)10-11-17(2,3)4/h6-9,16,18H,10-13H2,1-5H3. The fourth-order valence-corrected chi connectivity index (χ4v) is 2.26. The fourth-order valence-electron chi connectivity index (χ4n) is 2.26. The first kappa shape index (κ1) is 15.2. The van der Waals surface area contributed by atoms with E-state index in [-0.39, 0.29) is 0 Å². The second kappa shape index (κ2) is 6.94. The number of hydrogen-bond acceptors (Lipinski definition) is 1.